The molecule has 0 bridgehead atoms. The third-order valence-electron chi connectivity index (χ3n) is 5.04. The van der Waals surface area contributed by atoms with Gasteiger partial charge in [0.15, 0.2) is 11.5 Å². The summed E-state index contributed by atoms with van der Waals surface area (Å²) in [5, 5.41) is 3.11. The van der Waals surface area contributed by atoms with Crippen molar-refractivity contribution in [2.75, 3.05) is 46.9 Å². The van der Waals surface area contributed by atoms with Crippen LogP contribution in [0.1, 0.15) is 38.1 Å². The van der Waals surface area contributed by atoms with Gasteiger partial charge in [-0.25, -0.2) is 0 Å². The summed E-state index contributed by atoms with van der Waals surface area (Å²) in [6.45, 7) is 13.3. The van der Waals surface area contributed by atoms with Gasteiger partial charge in [0.1, 0.15) is 0 Å². The van der Waals surface area contributed by atoms with Crippen molar-refractivity contribution in [3.05, 3.63) is 23.8 Å². The van der Waals surface area contributed by atoms with Crippen LogP contribution in [0.5, 0.6) is 11.5 Å². The lowest BCUT2D eigenvalue weighted by molar-refractivity contribution is 0.0790. The van der Waals surface area contributed by atoms with Gasteiger partial charge in [-0.15, -0.1) is 0 Å². The van der Waals surface area contributed by atoms with Gasteiger partial charge in [-0.3, -0.25) is 9.69 Å². The number of carbonyl (C=O) groups is 1. The largest absolute Gasteiger partial charge is 0.493 e. The molecule has 1 aromatic carbocycles. The molecule has 0 radical (unpaired) electrons. The van der Waals surface area contributed by atoms with Crippen LogP contribution in [-0.2, 0) is 0 Å². The number of amides is 1. The Kier molecular flexibility index (Phi) is 7.92. The summed E-state index contributed by atoms with van der Waals surface area (Å²) in [4.78, 5) is 17.5. The molecule has 1 saturated heterocycles. The third kappa shape index (κ3) is 6.11. The van der Waals surface area contributed by atoms with Gasteiger partial charge in [0.05, 0.1) is 13.2 Å². The minimum Gasteiger partial charge on any atom is -0.493 e. The fourth-order valence-corrected chi connectivity index (χ4v) is 3.40. The van der Waals surface area contributed by atoms with Crippen LogP contribution in [-0.4, -0.2) is 74.7 Å². The second-order valence-electron chi connectivity index (χ2n) is 7.89. The van der Waals surface area contributed by atoms with Gasteiger partial charge in [-0.1, -0.05) is 13.8 Å². The molecule has 0 aliphatic carbocycles. The first-order valence-corrected chi connectivity index (χ1v) is 9.87. The first kappa shape index (κ1) is 21.5. The minimum atomic E-state index is -0.0795. The van der Waals surface area contributed by atoms with Crippen LogP contribution in [0.3, 0.4) is 0 Å². The first-order chi connectivity index (χ1) is 12.8. The van der Waals surface area contributed by atoms with Gasteiger partial charge >= 0.3 is 0 Å². The number of nitrogens with one attached hydrogen (secondary N) is 1. The highest BCUT2D eigenvalue weighted by molar-refractivity contribution is 5.94. The highest BCUT2D eigenvalue weighted by Gasteiger charge is 2.25. The minimum absolute atomic E-state index is 0.0500. The smallest absolute Gasteiger partial charge is 0.251 e. The molecule has 1 N–H and O–H groups in total. The summed E-state index contributed by atoms with van der Waals surface area (Å²) in [6, 6.07) is 5.67. The van der Waals surface area contributed by atoms with Crippen molar-refractivity contribution < 1.29 is 14.3 Å². The molecule has 1 aromatic rings. The molecule has 1 heterocycles. The molecule has 1 atom stereocenters. The Labute approximate surface area is 163 Å². The Balaban J connectivity index is 2.00. The van der Waals surface area contributed by atoms with E-state index in [-0.39, 0.29) is 12.0 Å². The van der Waals surface area contributed by atoms with Gasteiger partial charge in [-0.05, 0) is 45.0 Å². The number of rotatable bonds is 8. The van der Waals surface area contributed by atoms with Gasteiger partial charge in [0.2, 0.25) is 0 Å². The molecule has 6 nitrogen and oxygen atoms in total. The molecule has 1 unspecified atom stereocenters. The number of hydrogen-bond donors (Lipinski definition) is 1. The fraction of sp³-hybridized carbons (Fsp3) is 0.667. The highest BCUT2D eigenvalue weighted by atomic mass is 16.5. The molecule has 1 amide bonds. The molecule has 6 heteroatoms. The topological polar surface area (TPSA) is 54.0 Å². The van der Waals surface area contributed by atoms with E-state index in [4.69, 9.17) is 9.47 Å². The second-order valence-corrected chi connectivity index (χ2v) is 7.89. The Bertz CT molecular complexity index is 611. The Morgan fingerprint density at radius 3 is 2.33 bits per heavy atom. The van der Waals surface area contributed by atoms with Crippen LogP contribution in [0.25, 0.3) is 0 Å². The average Bonchev–Trinajstić information content (AvgIpc) is 2.62. The van der Waals surface area contributed by atoms with Crippen LogP contribution in [0.4, 0.5) is 0 Å². The molecule has 1 aliphatic rings. The van der Waals surface area contributed by atoms with E-state index in [9.17, 15) is 4.79 Å². The SMILES string of the molecule is COc1cc(C(=O)NCC(C(C)C)N2CCN(C)CC2)ccc1OC(C)C. The number of piperazine rings is 1. The molecule has 0 spiro atoms. The highest BCUT2D eigenvalue weighted by Crippen LogP contribution is 2.29. The number of nitrogens with zero attached hydrogens (tertiary/aromatic N) is 2. The standard InChI is InChI=1S/C21H35N3O3/c1-15(2)18(24-11-9-23(5)10-12-24)14-22-21(25)17-7-8-19(27-16(3)4)20(13-17)26-6/h7-8,13,15-16,18H,9-12,14H2,1-6H3,(H,22,25). The average molecular weight is 378 g/mol. The van der Waals surface area contributed by atoms with Crippen molar-refractivity contribution in [3.8, 4) is 11.5 Å². The summed E-state index contributed by atoms with van der Waals surface area (Å²) < 4.78 is 11.1. The summed E-state index contributed by atoms with van der Waals surface area (Å²) in [6.07, 6.45) is 0.0500. The molecular formula is C21H35N3O3. The van der Waals surface area contributed by atoms with E-state index in [1.54, 1.807) is 25.3 Å². The normalized spacial score (nSPS) is 17.2. The van der Waals surface area contributed by atoms with E-state index in [1.165, 1.54) is 0 Å². The summed E-state index contributed by atoms with van der Waals surface area (Å²) in [7, 11) is 3.75. The molecule has 2 rings (SSSR count). The number of benzene rings is 1. The third-order valence-corrected chi connectivity index (χ3v) is 5.04. The van der Waals surface area contributed by atoms with Crippen molar-refractivity contribution in [3.63, 3.8) is 0 Å². The van der Waals surface area contributed by atoms with E-state index in [0.717, 1.165) is 26.2 Å². The Hall–Kier alpha value is -1.79. The fourth-order valence-electron chi connectivity index (χ4n) is 3.40. The lowest BCUT2D eigenvalue weighted by Crippen LogP contribution is -2.54. The monoisotopic (exact) mass is 377 g/mol. The van der Waals surface area contributed by atoms with Crippen molar-refractivity contribution in [1.29, 1.82) is 0 Å². The zero-order valence-corrected chi connectivity index (χ0v) is 17.6. The van der Waals surface area contributed by atoms with Crippen LogP contribution in [0.15, 0.2) is 18.2 Å². The number of carbonyl (C=O) groups excluding carboxylic acids is 1. The molecule has 1 fully saturated rings. The van der Waals surface area contributed by atoms with Gasteiger partial charge in [-0.2, -0.15) is 0 Å². The lowest BCUT2D eigenvalue weighted by atomic mass is 10.0. The molecule has 0 saturated carbocycles. The molecule has 1 aliphatic heterocycles. The second kappa shape index (κ2) is 9.95. The van der Waals surface area contributed by atoms with E-state index < -0.39 is 0 Å². The van der Waals surface area contributed by atoms with E-state index in [0.29, 0.717) is 35.6 Å². The van der Waals surface area contributed by atoms with E-state index in [1.807, 2.05) is 13.8 Å². The summed E-state index contributed by atoms with van der Waals surface area (Å²) >= 11 is 0. The zero-order chi connectivity index (χ0) is 20.0. The van der Waals surface area contributed by atoms with E-state index in [2.05, 4.69) is 36.0 Å². The number of methoxy groups -OCH3 is 1. The lowest BCUT2D eigenvalue weighted by Gasteiger charge is -2.39. The molecule has 0 aromatic heterocycles. The van der Waals surface area contributed by atoms with Crippen LogP contribution >= 0.6 is 0 Å². The Morgan fingerprint density at radius 1 is 1.11 bits per heavy atom. The first-order valence-electron chi connectivity index (χ1n) is 9.87. The maximum absolute atomic E-state index is 12.7. The van der Waals surface area contributed by atoms with Crippen molar-refractivity contribution in [1.82, 2.24) is 15.1 Å². The van der Waals surface area contributed by atoms with Crippen molar-refractivity contribution >= 4 is 5.91 Å². The number of ether oxygens (including phenoxy) is 2. The predicted octanol–water partition coefficient (Wildman–Crippen LogP) is 2.48. The van der Waals surface area contributed by atoms with Crippen LogP contribution in [0, 0.1) is 5.92 Å². The maximum Gasteiger partial charge on any atom is 0.251 e. The number of likely N-dealkylation sites (N-methyl/N-ethyl adjacent to an activating group) is 1. The van der Waals surface area contributed by atoms with Crippen LogP contribution < -0.4 is 14.8 Å². The van der Waals surface area contributed by atoms with Crippen molar-refractivity contribution in [2.45, 2.75) is 39.8 Å². The van der Waals surface area contributed by atoms with Crippen LogP contribution in [0.2, 0.25) is 0 Å². The summed E-state index contributed by atoms with van der Waals surface area (Å²) in [5.41, 5.74) is 0.587. The van der Waals surface area contributed by atoms with Crippen molar-refractivity contribution in [2.24, 2.45) is 5.92 Å². The van der Waals surface area contributed by atoms with Gasteiger partial charge in [0.25, 0.3) is 5.91 Å². The predicted molar refractivity (Wildman–Crippen MR) is 109 cm³/mol. The molecule has 27 heavy (non-hydrogen) atoms. The number of hydrogen-bond acceptors (Lipinski definition) is 5. The molecule has 152 valence electrons. The summed E-state index contributed by atoms with van der Waals surface area (Å²) in [5.74, 6) is 1.63. The quantitative estimate of drug-likeness (QED) is 0.754. The van der Waals surface area contributed by atoms with E-state index >= 15 is 0 Å². The maximum atomic E-state index is 12.7. The molecular weight excluding hydrogens is 342 g/mol. The van der Waals surface area contributed by atoms with Gasteiger partial charge < -0.3 is 19.7 Å². The van der Waals surface area contributed by atoms with Gasteiger partial charge in [0, 0.05) is 44.3 Å². The zero-order valence-electron chi connectivity index (χ0n) is 17.6. The Morgan fingerprint density at radius 2 is 1.78 bits per heavy atom.